The minimum absolute atomic E-state index is 0.0974. The summed E-state index contributed by atoms with van der Waals surface area (Å²) >= 11 is 0. The Kier molecular flexibility index (Phi) is 4.44. The van der Waals surface area contributed by atoms with Crippen LogP contribution in [0.5, 0.6) is 0 Å². The van der Waals surface area contributed by atoms with Gasteiger partial charge < -0.3 is 10.4 Å². The molecule has 1 aromatic heterocycles. The summed E-state index contributed by atoms with van der Waals surface area (Å²) in [6.45, 7) is 7.74. The van der Waals surface area contributed by atoms with Crippen LogP contribution < -0.4 is 5.32 Å². The molecule has 5 heteroatoms. The molecule has 0 aliphatic carbocycles. The van der Waals surface area contributed by atoms with Gasteiger partial charge in [-0.2, -0.15) is 0 Å². The van der Waals surface area contributed by atoms with E-state index in [1.165, 1.54) is 0 Å². The maximum absolute atomic E-state index is 9.36. The van der Waals surface area contributed by atoms with Crippen LogP contribution in [0.15, 0.2) is 6.20 Å². The van der Waals surface area contributed by atoms with Gasteiger partial charge in [-0.1, -0.05) is 19.1 Å². The van der Waals surface area contributed by atoms with Crippen molar-refractivity contribution in [1.29, 1.82) is 0 Å². The summed E-state index contributed by atoms with van der Waals surface area (Å²) in [5.74, 6) is 0. The standard InChI is InChI=1S/C11H22N4O/c1-9(16)5-11(2,3)8-12-6-10-7-13-14-15(10)4/h7,9,12,16H,5-6,8H2,1-4H3. The van der Waals surface area contributed by atoms with Crippen LogP contribution in [0.25, 0.3) is 0 Å². The lowest BCUT2D eigenvalue weighted by Gasteiger charge is -2.26. The molecule has 1 heterocycles. The zero-order chi connectivity index (χ0) is 12.2. The van der Waals surface area contributed by atoms with Crippen molar-refractivity contribution in [3.63, 3.8) is 0 Å². The molecule has 0 radical (unpaired) electrons. The first-order valence-corrected chi connectivity index (χ1v) is 5.63. The van der Waals surface area contributed by atoms with Crippen molar-refractivity contribution < 1.29 is 5.11 Å². The van der Waals surface area contributed by atoms with Gasteiger partial charge in [0.15, 0.2) is 0 Å². The summed E-state index contributed by atoms with van der Waals surface area (Å²) < 4.78 is 1.76. The van der Waals surface area contributed by atoms with Crippen molar-refractivity contribution in [1.82, 2.24) is 20.3 Å². The molecule has 1 atom stereocenters. The molecule has 0 saturated carbocycles. The average molecular weight is 226 g/mol. The fraction of sp³-hybridized carbons (Fsp3) is 0.818. The maximum atomic E-state index is 9.36. The minimum Gasteiger partial charge on any atom is -0.393 e. The Morgan fingerprint density at radius 3 is 2.75 bits per heavy atom. The van der Waals surface area contributed by atoms with Crippen molar-refractivity contribution in [2.45, 2.75) is 39.8 Å². The van der Waals surface area contributed by atoms with Crippen LogP contribution in [0.2, 0.25) is 0 Å². The Hall–Kier alpha value is -0.940. The molecule has 1 unspecified atom stereocenters. The highest BCUT2D eigenvalue weighted by molar-refractivity contribution is 4.92. The number of nitrogens with zero attached hydrogens (tertiary/aromatic N) is 3. The van der Waals surface area contributed by atoms with Crippen molar-refractivity contribution in [3.05, 3.63) is 11.9 Å². The molecule has 5 nitrogen and oxygen atoms in total. The first-order valence-electron chi connectivity index (χ1n) is 5.63. The number of hydrogen-bond donors (Lipinski definition) is 2. The van der Waals surface area contributed by atoms with Gasteiger partial charge in [0.05, 0.1) is 18.0 Å². The molecule has 0 saturated heterocycles. The average Bonchev–Trinajstić information content (AvgIpc) is 2.49. The molecule has 16 heavy (non-hydrogen) atoms. The lowest BCUT2D eigenvalue weighted by atomic mass is 9.87. The molecular weight excluding hydrogens is 204 g/mol. The predicted octanol–water partition coefficient (Wildman–Crippen LogP) is 0.702. The summed E-state index contributed by atoms with van der Waals surface area (Å²) in [4.78, 5) is 0. The van der Waals surface area contributed by atoms with Gasteiger partial charge in [0.2, 0.25) is 0 Å². The fourth-order valence-corrected chi connectivity index (χ4v) is 1.87. The van der Waals surface area contributed by atoms with Gasteiger partial charge in [-0.15, -0.1) is 5.10 Å². The van der Waals surface area contributed by atoms with Crippen LogP contribution in [0.3, 0.4) is 0 Å². The molecule has 92 valence electrons. The quantitative estimate of drug-likeness (QED) is 0.749. The van der Waals surface area contributed by atoms with Crippen LogP contribution >= 0.6 is 0 Å². The predicted molar refractivity (Wildman–Crippen MR) is 62.8 cm³/mol. The van der Waals surface area contributed by atoms with Crippen molar-refractivity contribution in [2.24, 2.45) is 12.5 Å². The van der Waals surface area contributed by atoms with Gasteiger partial charge in [0.25, 0.3) is 0 Å². The maximum Gasteiger partial charge on any atom is 0.0738 e. The van der Waals surface area contributed by atoms with Crippen LogP contribution in [0.4, 0.5) is 0 Å². The summed E-state index contributed by atoms with van der Waals surface area (Å²) in [6, 6.07) is 0. The topological polar surface area (TPSA) is 63.0 Å². The lowest BCUT2D eigenvalue weighted by Crippen LogP contribution is -2.32. The van der Waals surface area contributed by atoms with Crippen LogP contribution in [-0.4, -0.2) is 32.7 Å². The van der Waals surface area contributed by atoms with Gasteiger partial charge in [-0.05, 0) is 18.8 Å². The number of nitrogens with one attached hydrogen (secondary N) is 1. The van der Waals surface area contributed by atoms with Crippen molar-refractivity contribution in [2.75, 3.05) is 6.54 Å². The zero-order valence-electron chi connectivity index (χ0n) is 10.6. The van der Waals surface area contributed by atoms with Crippen molar-refractivity contribution in [3.8, 4) is 0 Å². The molecule has 1 aromatic rings. The SMILES string of the molecule is CC(O)CC(C)(C)CNCc1cnnn1C. The molecular formula is C11H22N4O. The van der Waals surface area contributed by atoms with E-state index in [2.05, 4.69) is 29.5 Å². The normalized spacial score (nSPS) is 14.1. The Bertz CT molecular complexity index is 320. The molecule has 0 aliphatic heterocycles. The smallest absolute Gasteiger partial charge is 0.0738 e. The van der Waals surface area contributed by atoms with E-state index >= 15 is 0 Å². The second kappa shape index (κ2) is 5.41. The van der Waals surface area contributed by atoms with E-state index in [1.807, 2.05) is 14.0 Å². The molecule has 0 spiro atoms. The number of aliphatic hydroxyl groups is 1. The third-order valence-electron chi connectivity index (χ3n) is 2.57. The molecule has 0 aliphatic rings. The van der Waals surface area contributed by atoms with Crippen LogP contribution in [0, 0.1) is 5.41 Å². The molecule has 1 rings (SSSR count). The molecule has 0 amide bonds. The Balaban J connectivity index is 2.32. The van der Waals surface area contributed by atoms with E-state index in [4.69, 9.17) is 0 Å². The number of hydrogen-bond acceptors (Lipinski definition) is 4. The highest BCUT2D eigenvalue weighted by Gasteiger charge is 2.19. The summed E-state index contributed by atoms with van der Waals surface area (Å²) in [6.07, 6.45) is 2.30. The Morgan fingerprint density at radius 1 is 1.56 bits per heavy atom. The number of aryl methyl sites for hydroxylation is 1. The zero-order valence-corrected chi connectivity index (χ0v) is 10.6. The summed E-state index contributed by atoms with van der Waals surface area (Å²) in [5.41, 5.74) is 1.16. The first kappa shape index (κ1) is 13.1. The van der Waals surface area contributed by atoms with E-state index in [9.17, 15) is 5.11 Å². The second-order valence-corrected chi connectivity index (χ2v) is 5.17. The van der Waals surface area contributed by atoms with Crippen LogP contribution in [-0.2, 0) is 13.6 Å². The molecule has 0 aromatic carbocycles. The van der Waals surface area contributed by atoms with E-state index in [0.717, 1.165) is 25.2 Å². The second-order valence-electron chi connectivity index (χ2n) is 5.17. The fourth-order valence-electron chi connectivity index (χ4n) is 1.87. The lowest BCUT2D eigenvalue weighted by molar-refractivity contribution is 0.128. The van der Waals surface area contributed by atoms with E-state index in [0.29, 0.717) is 0 Å². The summed E-state index contributed by atoms with van der Waals surface area (Å²) in [5, 5.41) is 20.4. The number of aliphatic hydroxyl groups excluding tert-OH is 1. The van der Waals surface area contributed by atoms with Gasteiger partial charge in [-0.25, -0.2) is 0 Å². The molecule has 0 fully saturated rings. The minimum atomic E-state index is -0.254. The van der Waals surface area contributed by atoms with E-state index in [1.54, 1.807) is 10.9 Å². The molecule has 0 bridgehead atoms. The first-order chi connectivity index (χ1) is 7.41. The summed E-state index contributed by atoms with van der Waals surface area (Å²) in [7, 11) is 1.88. The van der Waals surface area contributed by atoms with Gasteiger partial charge in [-0.3, -0.25) is 4.68 Å². The third kappa shape index (κ3) is 4.28. The largest absolute Gasteiger partial charge is 0.393 e. The van der Waals surface area contributed by atoms with Crippen molar-refractivity contribution >= 4 is 0 Å². The van der Waals surface area contributed by atoms with E-state index in [-0.39, 0.29) is 11.5 Å². The van der Waals surface area contributed by atoms with Gasteiger partial charge in [0.1, 0.15) is 0 Å². The van der Waals surface area contributed by atoms with Gasteiger partial charge in [0, 0.05) is 20.1 Å². The van der Waals surface area contributed by atoms with Crippen LogP contribution in [0.1, 0.15) is 32.9 Å². The monoisotopic (exact) mass is 226 g/mol. The Labute approximate surface area is 96.9 Å². The number of aromatic nitrogens is 3. The highest BCUT2D eigenvalue weighted by atomic mass is 16.3. The van der Waals surface area contributed by atoms with Gasteiger partial charge >= 0.3 is 0 Å². The molecule has 2 N–H and O–H groups in total. The highest BCUT2D eigenvalue weighted by Crippen LogP contribution is 2.21. The third-order valence-corrected chi connectivity index (χ3v) is 2.57. The Morgan fingerprint density at radius 2 is 2.25 bits per heavy atom. The number of rotatable bonds is 6. The van der Waals surface area contributed by atoms with E-state index < -0.39 is 0 Å².